The molecule has 4 heteroatoms. The van der Waals surface area contributed by atoms with Crippen molar-refractivity contribution in [3.8, 4) is 5.75 Å². The Morgan fingerprint density at radius 3 is 2.39 bits per heavy atom. The van der Waals surface area contributed by atoms with Gasteiger partial charge in [0.05, 0.1) is 17.9 Å². The molecule has 23 heavy (non-hydrogen) atoms. The summed E-state index contributed by atoms with van der Waals surface area (Å²) in [5.41, 5.74) is 1.17. The molecule has 0 N–H and O–H groups in total. The van der Waals surface area contributed by atoms with Crippen molar-refractivity contribution in [1.29, 1.82) is 0 Å². The predicted octanol–water partition coefficient (Wildman–Crippen LogP) is 4.78. The van der Waals surface area contributed by atoms with E-state index in [1.807, 2.05) is 42.5 Å². The van der Waals surface area contributed by atoms with Gasteiger partial charge in [-0.05, 0) is 49.1 Å². The van der Waals surface area contributed by atoms with Gasteiger partial charge in [-0.15, -0.1) is 11.6 Å². The smallest absolute Gasteiger partial charge is 0.130 e. The highest BCUT2D eigenvalue weighted by molar-refractivity contribution is 7.88. The zero-order chi connectivity index (χ0) is 16.5. The fourth-order valence-corrected chi connectivity index (χ4v) is 5.40. The van der Waals surface area contributed by atoms with Gasteiger partial charge in [0.2, 0.25) is 0 Å². The molecule has 0 spiro atoms. The molecule has 0 heterocycles. The van der Waals surface area contributed by atoms with E-state index in [9.17, 15) is 4.21 Å². The van der Waals surface area contributed by atoms with Crippen molar-refractivity contribution in [2.24, 2.45) is 5.41 Å². The minimum Gasteiger partial charge on any atom is -0.497 e. The first-order valence-electron chi connectivity index (χ1n) is 7.77. The van der Waals surface area contributed by atoms with Crippen LogP contribution < -0.4 is 4.74 Å². The van der Waals surface area contributed by atoms with Gasteiger partial charge in [-0.25, -0.2) is 0 Å². The molecule has 0 aliphatic heterocycles. The fourth-order valence-electron chi connectivity index (χ4n) is 2.97. The number of halogens is 1. The van der Waals surface area contributed by atoms with Gasteiger partial charge in [0.1, 0.15) is 9.96 Å². The zero-order valence-corrected chi connectivity index (χ0v) is 15.0. The first-order chi connectivity index (χ1) is 11.0. The molecule has 1 saturated carbocycles. The van der Waals surface area contributed by atoms with Crippen LogP contribution >= 0.6 is 11.6 Å². The van der Waals surface area contributed by atoms with Gasteiger partial charge in [-0.2, -0.15) is 0 Å². The molecule has 2 aromatic carbocycles. The van der Waals surface area contributed by atoms with E-state index in [0.717, 1.165) is 29.9 Å². The molecular formula is C19H21ClO2S. The Balaban J connectivity index is 1.66. The van der Waals surface area contributed by atoms with Gasteiger partial charge in [0.15, 0.2) is 0 Å². The summed E-state index contributed by atoms with van der Waals surface area (Å²) in [7, 11) is 0.491. The summed E-state index contributed by atoms with van der Waals surface area (Å²) < 4.78 is 17.3. The van der Waals surface area contributed by atoms with Crippen LogP contribution in [0.25, 0.3) is 0 Å². The number of benzene rings is 2. The lowest BCUT2D eigenvalue weighted by Gasteiger charge is -2.17. The molecule has 0 aromatic heterocycles. The van der Waals surface area contributed by atoms with Gasteiger partial charge in [0.25, 0.3) is 0 Å². The molecule has 3 rings (SSSR count). The van der Waals surface area contributed by atoms with E-state index in [-0.39, 0.29) is 5.41 Å². The minimum absolute atomic E-state index is 0.0881. The highest BCUT2D eigenvalue weighted by Crippen LogP contribution is 2.66. The molecule has 3 atom stereocenters. The first kappa shape index (κ1) is 16.5. The highest BCUT2D eigenvalue weighted by Gasteiger charge is 2.67. The zero-order valence-electron chi connectivity index (χ0n) is 13.4. The van der Waals surface area contributed by atoms with Gasteiger partial charge in [-0.1, -0.05) is 37.3 Å². The first-order valence-corrected chi connectivity index (χ1v) is 9.30. The third-order valence-electron chi connectivity index (χ3n) is 4.77. The van der Waals surface area contributed by atoms with Crippen molar-refractivity contribution in [3.05, 3.63) is 60.2 Å². The van der Waals surface area contributed by atoms with Crippen molar-refractivity contribution >= 4 is 22.4 Å². The van der Waals surface area contributed by atoms with Crippen LogP contribution in [-0.4, -0.2) is 15.5 Å². The molecule has 1 aliphatic carbocycles. The van der Waals surface area contributed by atoms with E-state index in [2.05, 4.69) is 19.1 Å². The molecular weight excluding hydrogens is 328 g/mol. The lowest BCUT2D eigenvalue weighted by Crippen LogP contribution is -2.18. The van der Waals surface area contributed by atoms with E-state index >= 15 is 0 Å². The van der Waals surface area contributed by atoms with Crippen LogP contribution in [0, 0.1) is 5.41 Å². The van der Waals surface area contributed by atoms with Crippen LogP contribution in [0.2, 0.25) is 0 Å². The Kier molecular flexibility index (Phi) is 4.52. The summed E-state index contributed by atoms with van der Waals surface area (Å²) in [6.45, 7) is 2.14. The quantitative estimate of drug-likeness (QED) is 0.702. The lowest BCUT2D eigenvalue weighted by atomic mass is 9.99. The molecule has 2 nitrogen and oxygen atoms in total. The largest absolute Gasteiger partial charge is 0.497 e. The Bertz CT molecular complexity index is 701. The number of hydrogen-bond acceptors (Lipinski definition) is 2. The molecule has 0 bridgehead atoms. The van der Waals surface area contributed by atoms with Crippen molar-refractivity contribution in [2.75, 3.05) is 7.11 Å². The summed E-state index contributed by atoms with van der Waals surface area (Å²) in [6.07, 6.45) is 2.65. The molecule has 1 aliphatic rings. The third-order valence-corrected chi connectivity index (χ3v) is 7.70. The second-order valence-corrected chi connectivity index (χ2v) is 8.97. The average molecular weight is 349 g/mol. The molecule has 0 radical (unpaired) electrons. The van der Waals surface area contributed by atoms with Crippen molar-refractivity contribution in [3.63, 3.8) is 0 Å². The maximum Gasteiger partial charge on any atom is 0.130 e. The van der Waals surface area contributed by atoms with Crippen molar-refractivity contribution in [2.45, 2.75) is 35.3 Å². The molecule has 1 fully saturated rings. The monoisotopic (exact) mass is 348 g/mol. The van der Waals surface area contributed by atoms with Crippen LogP contribution in [0.3, 0.4) is 0 Å². The summed E-state index contributed by atoms with van der Waals surface area (Å²) in [5.74, 6) is 0.864. The number of ether oxygens (including phenoxy) is 1. The van der Waals surface area contributed by atoms with Gasteiger partial charge in [0, 0.05) is 10.3 Å². The number of hydrogen-bond donors (Lipinski definition) is 0. The standard InChI is InChI=1S/C19H21ClO2S/c1-18(13-12-15-8-10-16(22-2)11-9-15)14-19(18,20)23(21)17-6-4-3-5-7-17/h3-11H,12-14H2,1-2H3. The molecule has 0 saturated heterocycles. The summed E-state index contributed by atoms with van der Waals surface area (Å²) in [5, 5.41) is 0. The van der Waals surface area contributed by atoms with Gasteiger partial charge < -0.3 is 4.74 Å². The highest BCUT2D eigenvalue weighted by atomic mass is 35.5. The second-order valence-electron chi connectivity index (χ2n) is 6.40. The summed E-state index contributed by atoms with van der Waals surface area (Å²) in [6, 6.07) is 17.6. The normalized spacial score (nSPS) is 27.4. The molecule has 2 aromatic rings. The van der Waals surface area contributed by atoms with Crippen LogP contribution in [0.1, 0.15) is 25.3 Å². The van der Waals surface area contributed by atoms with Gasteiger partial charge in [-0.3, -0.25) is 4.21 Å². The maximum atomic E-state index is 12.8. The van der Waals surface area contributed by atoms with Crippen LogP contribution in [0.5, 0.6) is 5.75 Å². The number of aryl methyl sites for hydroxylation is 1. The van der Waals surface area contributed by atoms with Crippen LogP contribution in [0.15, 0.2) is 59.5 Å². The van der Waals surface area contributed by atoms with E-state index in [1.165, 1.54) is 5.56 Å². The maximum absolute atomic E-state index is 12.8. The molecule has 122 valence electrons. The average Bonchev–Trinajstić information content (AvgIpc) is 3.16. The van der Waals surface area contributed by atoms with Crippen molar-refractivity contribution < 1.29 is 8.95 Å². The van der Waals surface area contributed by atoms with E-state index in [1.54, 1.807) is 7.11 Å². The number of alkyl halides is 1. The third kappa shape index (κ3) is 3.17. The molecule has 0 amide bonds. The second kappa shape index (κ2) is 6.29. The minimum atomic E-state index is -1.18. The van der Waals surface area contributed by atoms with E-state index < -0.39 is 15.0 Å². The van der Waals surface area contributed by atoms with Crippen LogP contribution in [0.4, 0.5) is 0 Å². The Morgan fingerprint density at radius 2 is 1.78 bits per heavy atom. The van der Waals surface area contributed by atoms with E-state index in [4.69, 9.17) is 16.3 Å². The lowest BCUT2D eigenvalue weighted by molar-refractivity contribution is 0.414. The number of rotatable bonds is 6. The van der Waals surface area contributed by atoms with Crippen LogP contribution in [-0.2, 0) is 17.2 Å². The molecule has 3 unspecified atom stereocenters. The van der Waals surface area contributed by atoms with E-state index in [0.29, 0.717) is 0 Å². The fraction of sp³-hybridized carbons (Fsp3) is 0.368. The van der Waals surface area contributed by atoms with Gasteiger partial charge >= 0.3 is 0 Å². The number of methoxy groups -OCH3 is 1. The Hall–Kier alpha value is -1.32. The van der Waals surface area contributed by atoms with Crippen molar-refractivity contribution in [1.82, 2.24) is 0 Å². The predicted molar refractivity (Wildman–Crippen MR) is 95.5 cm³/mol. The SMILES string of the molecule is COc1ccc(CCC2(C)CC2(Cl)S(=O)c2ccccc2)cc1. The Morgan fingerprint density at radius 1 is 1.13 bits per heavy atom. The Labute approximate surface area is 145 Å². The summed E-state index contributed by atoms with van der Waals surface area (Å²) >= 11 is 6.73. The summed E-state index contributed by atoms with van der Waals surface area (Å²) in [4.78, 5) is 0.815. The topological polar surface area (TPSA) is 26.3 Å².